The molecule has 2 N–H and O–H groups in total. The van der Waals surface area contributed by atoms with Crippen molar-refractivity contribution >= 4 is 0 Å². The van der Waals surface area contributed by atoms with Gasteiger partial charge in [-0.2, -0.15) is 0 Å². The Morgan fingerprint density at radius 1 is 1.16 bits per heavy atom. The number of fused-ring (bicyclic) bond motifs is 1. The Morgan fingerprint density at radius 3 is 2.37 bits per heavy atom. The molecule has 104 valence electrons. The molecule has 1 aromatic rings. The molecule has 3 nitrogen and oxygen atoms in total. The summed E-state index contributed by atoms with van der Waals surface area (Å²) in [6.07, 6.45) is 3.45. The maximum atomic E-state index is 6.00. The highest BCUT2D eigenvalue weighted by Gasteiger charge is 2.35. The molecular weight excluding hydrogens is 236 g/mol. The van der Waals surface area contributed by atoms with Crippen molar-refractivity contribution in [2.75, 3.05) is 39.4 Å². The molecule has 3 heteroatoms. The molecular formula is C16H24N2O. The van der Waals surface area contributed by atoms with Crippen molar-refractivity contribution in [3.8, 4) is 0 Å². The summed E-state index contributed by atoms with van der Waals surface area (Å²) < 4.78 is 5.58. The number of nitrogens with zero attached hydrogens (tertiary/aromatic N) is 1. The van der Waals surface area contributed by atoms with Crippen LogP contribution < -0.4 is 5.73 Å². The van der Waals surface area contributed by atoms with Crippen molar-refractivity contribution in [1.82, 2.24) is 4.90 Å². The molecule has 0 aliphatic carbocycles. The van der Waals surface area contributed by atoms with E-state index in [2.05, 4.69) is 29.2 Å². The molecule has 3 rings (SSSR count). The second kappa shape index (κ2) is 5.61. The van der Waals surface area contributed by atoms with Gasteiger partial charge in [0.1, 0.15) is 0 Å². The summed E-state index contributed by atoms with van der Waals surface area (Å²) >= 11 is 0. The number of ether oxygens (including phenoxy) is 1. The fourth-order valence-electron chi connectivity index (χ4n) is 3.35. The lowest BCUT2D eigenvalue weighted by Gasteiger charge is -2.32. The van der Waals surface area contributed by atoms with E-state index in [1.54, 1.807) is 0 Å². The molecule has 0 amide bonds. The van der Waals surface area contributed by atoms with Crippen LogP contribution in [0.2, 0.25) is 0 Å². The van der Waals surface area contributed by atoms with Gasteiger partial charge >= 0.3 is 0 Å². The van der Waals surface area contributed by atoms with Crippen molar-refractivity contribution < 1.29 is 4.74 Å². The van der Waals surface area contributed by atoms with Gasteiger partial charge in [0, 0.05) is 38.2 Å². The summed E-state index contributed by atoms with van der Waals surface area (Å²) in [4.78, 5) is 2.58. The van der Waals surface area contributed by atoms with Crippen LogP contribution in [0.15, 0.2) is 24.3 Å². The smallest absolute Gasteiger partial charge is 0.0547 e. The lowest BCUT2D eigenvalue weighted by Crippen LogP contribution is -2.44. The number of hydrogen-bond donors (Lipinski definition) is 1. The van der Waals surface area contributed by atoms with Crippen molar-refractivity contribution in [2.24, 2.45) is 11.1 Å². The Morgan fingerprint density at radius 2 is 1.84 bits per heavy atom. The number of nitrogens with two attached hydrogens (primary N) is 1. The third-order valence-corrected chi connectivity index (χ3v) is 4.69. The molecule has 1 atom stereocenters. The molecule has 1 aromatic carbocycles. The van der Waals surface area contributed by atoms with Gasteiger partial charge in [0.05, 0.1) is 6.61 Å². The first kappa shape index (κ1) is 13.1. The second-order valence-corrected chi connectivity index (χ2v) is 6.05. The fraction of sp³-hybridized carbons (Fsp3) is 0.625. The van der Waals surface area contributed by atoms with E-state index in [-0.39, 0.29) is 5.41 Å². The summed E-state index contributed by atoms with van der Waals surface area (Å²) in [5.74, 6) is 0. The molecule has 0 spiro atoms. The monoisotopic (exact) mass is 260 g/mol. The van der Waals surface area contributed by atoms with Crippen LogP contribution in [0.1, 0.15) is 17.5 Å². The van der Waals surface area contributed by atoms with Gasteiger partial charge in [-0.1, -0.05) is 24.3 Å². The van der Waals surface area contributed by atoms with Crippen LogP contribution in [0.3, 0.4) is 0 Å². The minimum absolute atomic E-state index is 0.205. The lowest BCUT2D eigenvalue weighted by atomic mass is 9.86. The van der Waals surface area contributed by atoms with Crippen molar-refractivity contribution in [3.63, 3.8) is 0 Å². The third-order valence-electron chi connectivity index (χ3n) is 4.69. The fourth-order valence-corrected chi connectivity index (χ4v) is 3.35. The average Bonchev–Trinajstić information content (AvgIpc) is 2.82. The molecule has 0 radical (unpaired) electrons. The maximum absolute atomic E-state index is 6.00. The zero-order chi connectivity index (χ0) is 13.1. The van der Waals surface area contributed by atoms with Gasteiger partial charge < -0.3 is 15.4 Å². The molecule has 2 aliphatic rings. The standard InChI is InChI=1S/C16H24N2O/c17-11-16(7-10-19-13-16)12-18-8-5-14-3-1-2-4-15(14)6-9-18/h1-4H,5-13,17H2. The van der Waals surface area contributed by atoms with E-state index in [0.29, 0.717) is 0 Å². The number of benzene rings is 1. The SMILES string of the molecule is NCC1(CN2CCc3ccccc3CC2)CCOC1. The molecule has 1 unspecified atom stereocenters. The largest absolute Gasteiger partial charge is 0.381 e. The second-order valence-electron chi connectivity index (χ2n) is 6.05. The molecule has 2 aliphatic heterocycles. The zero-order valence-corrected chi connectivity index (χ0v) is 11.6. The predicted molar refractivity (Wildman–Crippen MR) is 77.2 cm³/mol. The third kappa shape index (κ3) is 2.83. The van der Waals surface area contributed by atoms with Crippen LogP contribution in [0, 0.1) is 5.41 Å². The lowest BCUT2D eigenvalue weighted by molar-refractivity contribution is 0.116. The Kier molecular flexibility index (Phi) is 3.87. The molecule has 0 bridgehead atoms. The van der Waals surface area contributed by atoms with Gasteiger partial charge in [-0.05, 0) is 30.4 Å². The van der Waals surface area contributed by atoms with E-state index in [1.807, 2.05) is 0 Å². The van der Waals surface area contributed by atoms with E-state index in [4.69, 9.17) is 10.5 Å². The number of rotatable bonds is 3. The van der Waals surface area contributed by atoms with Crippen LogP contribution in [0.25, 0.3) is 0 Å². The molecule has 1 saturated heterocycles. The molecule has 2 heterocycles. The Labute approximate surface area is 115 Å². The molecule has 1 fully saturated rings. The van der Waals surface area contributed by atoms with Crippen molar-refractivity contribution in [2.45, 2.75) is 19.3 Å². The van der Waals surface area contributed by atoms with Crippen molar-refractivity contribution in [1.29, 1.82) is 0 Å². The first-order chi connectivity index (χ1) is 9.31. The first-order valence-electron chi connectivity index (χ1n) is 7.38. The van der Waals surface area contributed by atoms with Gasteiger partial charge in [0.15, 0.2) is 0 Å². The van der Waals surface area contributed by atoms with E-state index < -0.39 is 0 Å². The van der Waals surface area contributed by atoms with Crippen LogP contribution in [0.5, 0.6) is 0 Å². The Bertz CT molecular complexity index is 400. The van der Waals surface area contributed by atoms with Crippen LogP contribution in [0.4, 0.5) is 0 Å². The topological polar surface area (TPSA) is 38.5 Å². The number of hydrogen-bond acceptors (Lipinski definition) is 3. The highest BCUT2D eigenvalue weighted by atomic mass is 16.5. The van der Waals surface area contributed by atoms with Gasteiger partial charge in [-0.15, -0.1) is 0 Å². The van der Waals surface area contributed by atoms with Gasteiger partial charge in [0.25, 0.3) is 0 Å². The molecule has 19 heavy (non-hydrogen) atoms. The minimum atomic E-state index is 0.205. The van der Waals surface area contributed by atoms with E-state index >= 15 is 0 Å². The first-order valence-corrected chi connectivity index (χ1v) is 7.38. The summed E-state index contributed by atoms with van der Waals surface area (Å²) in [5, 5.41) is 0. The van der Waals surface area contributed by atoms with Crippen molar-refractivity contribution in [3.05, 3.63) is 35.4 Å². The van der Waals surface area contributed by atoms with Gasteiger partial charge in [0.2, 0.25) is 0 Å². The van der Waals surface area contributed by atoms with Crippen LogP contribution in [-0.4, -0.2) is 44.3 Å². The summed E-state index contributed by atoms with van der Waals surface area (Å²) in [7, 11) is 0. The predicted octanol–water partition coefficient (Wildman–Crippen LogP) is 1.45. The quantitative estimate of drug-likeness (QED) is 0.894. The summed E-state index contributed by atoms with van der Waals surface area (Å²) in [5.41, 5.74) is 9.25. The average molecular weight is 260 g/mol. The van der Waals surface area contributed by atoms with Gasteiger partial charge in [-0.25, -0.2) is 0 Å². The molecule has 0 aromatic heterocycles. The Balaban J connectivity index is 1.65. The summed E-state index contributed by atoms with van der Waals surface area (Å²) in [6, 6.07) is 8.85. The van der Waals surface area contributed by atoms with Crippen LogP contribution in [-0.2, 0) is 17.6 Å². The minimum Gasteiger partial charge on any atom is -0.381 e. The zero-order valence-electron chi connectivity index (χ0n) is 11.6. The van der Waals surface area contributed by atoms with E-state index in [0.717, 1.165) is 58.7 Å². The highest BCUT2D eigenvalue weighted by Crippen LogP contribution is 2.29. The summed E-state index contributed by atoms with van der Waals surface area (Å²) in [6.45, 7) is 5.86. The van der Waals surface area contributed by atoms with Crippen LogP contribution >= 0.6 is 0 Å². The van der Waals surface area contributed by atoms with Gasteiger partial charge in [-0.3, -0.25) is 0 Å². The normalized spacial score (nSPS) is 28.1. The highest BCUT2D eigenvalue weighted by molar-refractivity contribution is 5.28. The van der Waals surface area contributed by atoms with E-state index in [1.165, 1.54) is 11.1 Å². The maximum Gasteiger partial charge on any atom is 0.0547 e. The van der Waals surface area contributed by atoms with E-state index in [9.17, 15) is 0 Å². The Hall–Kier alpha value is -0.900. The molecule has 0 saturated carbocycles.